The van der Waals surface area contributed by atoms with Crippen molar-refractivity contribution >= 4 is 82.5 Å². The van der Waals surface area contributed by atoms with Gasteiger partial charge in [-0.1, -0.05) is 37.4 Å². The molecule has 4 unspecified atom stereocenters. The summed E-state index contributed by atoms with van der Waals surface area (Å²) in [6.45, 7) is 7.83. The summed E-state index contributed by atoms with van der Waals surface area (Å²) in [5.74, 6) is 5.62. The van der Waals surface area contributed by atoms with E-state index in [0.717, 1.165) is 34.5 Å². The minimum atomic E-state index is -0.336. The zero-order chi connectivity index (χ0) is 24.2. The molecule has 0 spiro atoms. The largest absolute Gasteiger partial charge is 0.461 e. The third-order valence-electron chi connectivity index (χ3n) is 4.92. The van der Waals surface area contributed by atoms with Gasteiger partial charge in [0.25, 0.3) is 0 Å². The van der Waals surface area contributed by atoms with Crippen LogP contribution in [0.5, 0.6) is 0 Å². The lowest BCUT2D eigenvalue weighted by Gasteiger charge is -2.13. The first-order valence-corrected chi connectivity index (χ1v) is 17.2. The second kappa shape index (κ2) is 15.8. The van der Waals surface area contributed by atoms with E-state index in [1.54, 1.807) is 0 Å². The van der Waals surface area contributed by atoms with Crippen LogP contribution in [0.25, 0.3) is 0 Å². The van der Waals surface area contributed by atoms with Crippen molar-refractivity contribution in [2.75, 3.05) is 36.2 Å². The first-order valence-electron chi connectivity index (χ1n) is 10.9. The molecule has 0 bridgehead atoms. The van der Waals surface area contributed by atoms with Crippen molar-refractivity contribution in [3.63, 3.8) is 0 Å². The van der Waals surface area contributed by atoms with E-state index in [-0.39, 0.29) is 11.9 Å². The van der Waals surface area contributed by atoms with Crippen LogP contribution in [-0.2, 0) is 30.6 Å². The first-order chi connectivity index (χ1) is 16.6. The van der Waals surface area contributed by atoms with Crippen LogP contribution in [0.1, 0.15) is 11.1 Å². The normalized spacial score (nSPS) is 24.0. The summed E-state index contributed by atoms with van der Waals surface area (Å²) in [5.41, 5.74) is 2.84. The van der Waals surface area contributed by atoms with E-state index in [1.807, 2.05) is 70.6 Å². The molecule has 1 aromatic carbocycles. The summed E-state index contributed by atoms with van der Waals surface area (Å²) >= 11 is 11.8. The Balaban J connectivity index is 1.33. The Morgan fingerprint density at radius 2 is 1.29 bits per heavy atom. The topological polar surface area (TPSA) is 52.6 Å². The molecule has 4 atom stereocenters. The lowest BCUT2D eigenvalue weighted by atomic mass is 10.1. The first kappa shape index (κ1) is 28.3. The van der Waals surface area contributed by atoms with Gasteiger partial charge in [-0.05, 0) is 11.1 Å². The number of carbonyl (C=O) groups is 2. The molecule has 2 saturated heterocycles. The van der Waals surface area contributed by atoms with Crippen molar-refractivity contribution in [3.8, 4) is 0 Å². The zero-order valence-electron chi connectivity index (χ0n) is 18.9. The van der Waals surface area contributed by atoms with E-state index < -0.39 is 0 Å². The van der Waals surface area contributed by atoms with Crippen LogP contribution in [0.2, 0.25) is 0 Å². The number of carbonyl (C=O) groups excluding carboxylic acids is 2. The summed E-state index contributed by atoms with van der Waals surface area (Å²) in [6.07, 6.45) is 2.45. The number of benzene rings is 1. The van der Waals surface area contributed by atoms with E-state index in [2.05, 4.69) is 37.4 Å². The number of hydrogen-bond donors (Lipinski definition) is 0. The third-order valence-corrected chi connectivity index (χ3v) is 14.4. The van der Waals surface area contributed by atoms with Crippen molar-refractivity contribution in [2.45, 2.75) is 31.2 Å². The molecule has 3 rings (SSSR count). The van der Waals surface area contributed by atoms with Crippen LogP contribution in [0.3, 0.4) is 0 Å². The average molecular weight is 575 g/mol. The van der Waals surface area contributed by atoms with E-state index in [4.69, 9.17) is 9.47 Å². The number of thioether (sulfide) groups is 6. The van der Waals surface area contributed by atoms with Crippen molar-refractivity contribution in [1.82, 2.24) is 0 Å². The Hall–Kier alpha value is -0.260. The smallest absolute Gasteiger partial charge is 0.330 e. The molecular formula is C24H30O4S6. The van der Waals surface area contributed by atoms with Gasteiger partial charge < -0.3 is 9.47 Å². The van der Waals surface area contributed by atoms with Crippen LogP contribution in [-0.4, -0.2) is 67.8 Å². The Morgan fingerprint density at radius 1 is 0.853 bits per heavy atom. The standard InChI is InChI=1S/C24H30O4S6/c1-3-21(25)27-9-19-13-31-23(33-19)15-29-11-17-7-5-6-8-18(17)12-30-16-24-32-14-20(34-24)10-28-22(26)4-2/h3-8,19-20,23-24H,1-2,9-16H2. The van der Waals surface area contributed by atoms with Gasteiger partial charge in [0.15, 0.2) is 0 Å². The minimum absolute atomic E-state index is 0.336. The van der Waals surface area contributed by atoms with Crippen molar-refractivity contribution < 1.29 is 19.1 Å². The minimum Gasteiger partial charge on any atom is -0.461 e. The SMILES string of the molecule is C=CC(=O)OCC1CSC(CSCc2ccccc2CSCC2SCC(COC(=O)C=C)S2)S1. The van der Waals surface area contributed by atoms with Gasteiger partial charge in [0.1, 0.15) is 13.2 Å². The third kappa shape index (κ3) is 10.0. The monoisotopic (exact) mass is 574 g/mol. The van der Waals surface area contributed by atoms with Crippen LogP contribution >= 0.6 is 70.6 Å². The quantitative estimate of drug-likeness (QED) is 0.196. The molecule has 34 heavy (non-hydrogen) atoms. The molecule has 2 fully saturated rings. The van der Waals surface area contributed by atoms with Crippen LogP contribution in [0, 0.1) is 0 Å². The van der Waals surface area contributed by atoms with Gasteiger partial charge in [0.2, 0.25) is 0 Å². The van der Waals surface area contributed by atoms with Gasteiger partial charge in [-0.2, -0.15) is 23.5 Å². The maximum absolute atomic E-state index is 11.3. The van der Waals surface area contributed by atoms with Gasteiger partial charge in [-0.25, -0.2) is 9.59 Å². The highest BCUT2D eigenvalue weighted by Crippen LogP contribution is 2.41. The molecular weight excluding hydrogens is 545 g/mol. The molecule has 186 valence electrons. The molecule has 0 radical (unpaired) electrons. The van der Waals surface area contributed by atoms with Crippen LogP contribution in [0.15, 0.2) is 49.6 Å². The number of hydrogen-bond acceptors (Lipinski definition) is 10. The summed E-state index contributed by atoms with van der Waals surface area (Å²) in [5, 5.41) is 0.756. The highest BCUT2D eigenvalue weighted by molar-refractivity contribution is 8.22. The molecule has 0 N–H and O–H groups in total. The Morgan fingerprint density at radius 3 is 1.71 bits per heavy atom. The molecule has 4 nitrogen and oxygen atoms in total. The fraction of sp³-hybridized carbons (Fsp3) is 0.500. The summed E-state index contributed by atoms with van der Waals surface area (Å²) in [7, 11) is 0. The molecule has 0 saturated carbocycles. The molecule has 0 aliphatic carbocycles. The number of ether oxygens (including phenoxy) is 2. The van der Waals surface area contributed by atoms with E-state index >= 15 is 0 Å². The molecule has 0 amide bonds. The zero-order valence-corrected chi connectivity index (χ0v) is 23.8. The van der Waals surface area contributed by atoms with E-state index in [1.165, 1.54) is 23.3 Å². The molecule has 2 aliphatic rings. The molecule has 2 aliphatic heterocycles. The molecule has 1 aromatic rings. The number of rotatable bonds is 14. The summed E-state index contributed by atoms with van der Waals surface area (Å²) < 4.78 is 11.5. The Kier molecular flexibility index (Phi) is 13.1. The van der Waals surface area contributed by atoms with E-state index in [9.17, 15) is 9.59 Å². The van der Waals surface area contributed by atoms with Gasteiger partial charge in [-0.15, -0.1) is 47.0 Å². The second-order valence-corrected chi connectivity index (χ2v) is 15.7. The number of esters is 2. The average Bonchev–Trinajstić information content (AvgIpc) is 3.51. The van der Waals surface area contributed by atoms with Crippen molar-refractivity contribution in [2.24, 2.45) is 0 Å². The van der Waals surface area contributed by atoms with Crippen molar-refractivity contribution in [1.29, 1.82) is 0 Å². The summed E-state index contributed by atoms with van der Waals surface area (Å²) in [4.78, 5) is 22.5. The molecule has 10 heteroatoms. The van der Waals surface area contributed by atoms with Gasteiger partial charge in [0, 0.05) is 57.2 Å². The van der Waals surface area contributed by atoms with E-state index in [0.29, 0.717) is 32.9 Å². The Bertz CT molecular complexity index is 768. The lowest BCUT2D eigenvalue weighted by molar-refractivity contribution is -0.138. The summed E-state index contributed by atoms with van der Waals surface area (Å²) in [6, 6.07) is 8.76. The van der Waals surface area contributed by atoms with Gasteiger partial charge >= 0.3 is 11.9 Å². The highest BCUT2D eigenvalue weighted by Gasteiger charge is 2.28. The maximum atomic E-state index is 11.3. The van der Waals surface area contributed by atoms with Crippen LogP contribution < -0.4 is 0 Å². The predicted molar refractivity (Wildman–Crippen MR) is 156 cm³/mol. The highest BCUT2D eigenvalue weighted by atomic mass is 32.2. The lowest BCUT2D eigenvalue weighted by Crippen LogP contribution is -2.14. The fourth-order valence-corrected chi connectivity index (χ4v) is 12.7. The van der Waals surface area contributed by atoms with Gasteiger partial charge in [-0.3, -0.25) is 0 Å². The second-order valence-electron chi connectivity index (χ2n) is 7.51. The molecule has 0 aromatic heterocycles. The fourth-order valence-electron chi connectivity index (χ4n) is 3.20. The molecule has 2 heterocycles. The maximum Gasteiger partial charge on any atom is 0.330 e. The van der Waals surface area contributed by atoms with Crippen molar-refractivity contribution in [3.05, 3.63) is 60.7 Å². The Labute approximate surface area is 228 Å². The van der Waals surface area contributed by atoms with Crippen LogP contribution in [0.4, 0.5) is 0 Å². The van der Waals surface area contributed by atoms with Gasteiger partial charge in [0.05, 0.1) is 9.16 Å². The predicted octanol–water partition coefficient (Wildman–Crippen LogP) is 5.96.